The average molecular weight is 450 g/mol. The van der Waals surface area contributed by atoms with Gasteiger partial charge in [0.1, 0.15) is 0 Å². The maximum atomic E-state index is 13.2. The highest BCUT2D eigenvalue weighted by atomic mass is 16.5. The van der Waals surface area contributed by atoms with Crippen LogP contribution in [0.5, 0.6) is 0 Å². The van der Waals surface area contributed by atoms with Crippen molar-refractivity contribution in [2.75, 3.05) is 36.5 Å². The highest BCUT2D eigenvalue weighted by molar-refractivity contribution is 6.02. The molecular formula is C27H35N3O3. The first-order chi connectivity index (χ1) is 16.1. The third kappa shape index (κ3) is 6.57. The second kappa shape index (κ2) is 11.3. The highest BCUT2D eigenvalue weighted by Crippen LogP contribution is 2.29. The number of carbonyl (C=O) groups is 2. The van der Waals surface area contributed by atoms with Gasteiger partial charge in [-0.25, -0.2) is 0 Å². The minimum absolute atomic E-state index is 0.0517. The first-order valence-corrected chi connectivity index (χ1v) is 12.2. The van der Waals surface area contributed by atoms with Crippen molar-refractivity contribution in [3.8, 4) is 0 Å². The monoisotopic (exact) mass is 449 g/mol. The minimum Gasteiger partial charge on any atom is -0.376 e. The SMILES string of the molecule is CC1CCN(c2ccc(NC(=O)CCc3ccccc3)cc2C(=O)NCC2CCCO2)CC1. The summed E-state index contributed by atoms with van der Waals surface area (Å²) in [6, 6.07) is 15.7. The molecule has 2 aliphatic rings. The molecule has 1 atom stereocenters. The van der Waals surface area contributed by atoms with Crippen LogP contribution >= 0.6 is 0 Å². The summed E-state index contributed by atoms with van der Waals surface area (Å²) in [7, 11) is 0. The summed E-state index contributed by atoms with van der Waals surface area (Å²) in [6.45, 7) is 5.44. The number of piperidine rings is 1. The summed E-state index contributed by atoms with van der Waals surface area (Å²) in [5.74, 6) is 0.546. The third-order valence-electron chi connectivity index (χ3n) is 6.65. The van der Waals surface area contributed by atoms with Crippen molar-refractivity contribution >= 4 is 23.2 Å². The third-order valence-corrected chi connectivity index (χ3v) is 6.65. The summed E-state index contributed by atoms with van der Waals surface area (Å²) in [5.41, 5.74) is 3.35. The number of amides is 2. The fraction of sp³-hybridized carbons (Fsp3) is 0.481. The number of rotatable bonds is 8. The van der Waals surface area contributed by atoms with Gasteiger partial charge in [-0.3, -0.25) is 9.59 Å². The van der Waals surface area contributed by atoms with Crippen LogP contribution in [0.4, 0.5) is 11.4 Å². The predicted octanol–water partition coefficient (Wildman–Crippen LogP) is 4.40. The standard InChI is InChI=1S/C27H35N3O3/c1-20-13-15-30(16-14-20)25-11-10-22(29-26(31)12-9-21-6-3-2-4-7-21)18-24(25)27(32)28-19-23-8-5-17-33-23/h2-4,6-7,10-11,18,20,23H,5,8-9,12-17,19H2,1H3,(H,28,32)(H,29,31). The Morgan fingerprint density at radius 3 is 2.58 bits per heavy atom. The van der Waals surface area contributed by atoms with Crippen LogP contribution in [0.1, 0.15) is 54.9 Å². The van der Waals surface area contributed by atoms with Crippen LogP contribution in [-0.2, 0) is 16.0 Å². The van der Waals surface area contributed by atoms with Crippen LogP contribution in [0.3, 0.4) is 0 Å². The van der Waals surface area contributed by atoms with Crippen LogP contribution in [0.25, 0.3) is 0 Å². The Balaban J connectivity index is 1.45. The van der Waals surface area contributed by atoms with Gasteiger partial charge in [0.2, 0.25) is 5.91 Å². The molecule has 2 saturated heterocycles. The average Bonchev–Trinajstić information content (AvgIpc) is 3.36. The van der Waals surface area contributed by atoms with Crippen molar-refractivity contribution in [2.45, 2.75) is 51.6 Å². The maximum absolute atomic E-state index is 13.2. The van der Waals surface area contributed by atoms with Gasteiger partial charge in [0.25, 0.3) is 5.91 Å². The second-order valence-corrected chi connectivity index (χ2v) is 9.28. The number of benzene rings is 2. The molecule has 2 aromatic rings. The number of anilines is 2. The fourth-order valence-corrected chi connectivity index (χ4v) is 4.55. The van der Waals surface area contributed by atoms with E-state index in [1.54, 1.807) is 0 Å². The zero-order valence-corrected chi connectivity index (χ0v) is 19.5. The smallest absolute Gasteiger partial charge is 0.253 e. The van der Waals surface area contributed by atoms with Crippen molar-refractivity contribution in [1.29, 1.82) is 0 Å². The van der Waals surface area contributed by atoms with Crippen LogP contribution in [-0.4, -0.2) is 44.2 Å². The topological polar surface area (TPSA) is 70.7 Å². The fourth-order valence-electron chi connectivity index (χ4n) is 4.55. The lowest BCUT2D eigenvalue weighted by molar-refractivity contribution is -0.116. The molecule has 2 N–H and O–H groups in total. The second-order valence-electron chi connectivity index (χ2n) is 9.28. The summed E-state index contributed by atoms with van der Waals surface area (Å²) in [5, 5.41) is 6.03. The van der Waals surface area contributed by atoms with Gasteiger partial charge < -0.3 is 20.3 Å². The van der Waals surface area contributed by atoms with Crippen molar-refractivity contribution in [3.63, 3.8) is 0 Å². The van der Waals surface area contributed by atoms with E-state index in [9.17, 15) is 9.59 Å². The van der Waals surface area contributed by atoms with E-state index in [1.165, 1.54) is 0 Å². The molecule has 2 aromatic carbocycles. The number of nitrogens with one attached hydrogen (secondary N) is 2. The molecule has 0 aromatic heterocycles. The number of carbonyl (C=O) groups excluding carboxylic acids is 2. The number of hydrogen-bond donors (Lipinski definition) is 2. The molecule has 6 nitrogen and oxygen atoms in total. The van der Waals surface area contributed by atoms with Crippen LogP contribution in [0.2, 0.25) is 0 Å². The zero-order chi connectivity index (χ0) is 23.0. The Kier molecular flexibility index (Phi) is 8.00. The van der Waals surface area contributed by atoms with Gasteiger partial charge in [-0.05, 0) is 61.8 Å². The van der Waals surface area contributed by atoms with Gasteiger partial charge in [-0.2, -0.15) is 0 Å². The zero-order valence-electron chi connectivity index (χ0n) is 19.5. The molecule has 33 heavy (non-hydrogen) atoms. The van der Waals surface area contributed by atoms with E-state index < -0.39 is 0 Å². The van der Waals surface area contributed by atoms with E-state index in [2.05, 4.69) is 22.5 Å². The van der Waals surface area contributed by atoms with Crippen LogP contribution in [0, 0.1) is 5.92 Å². The lowest BCUT2D eigenvalue weighted by Gasteiger charge is -2.33. The van der Waals surface area contributed by atoms with Crippen LogP contribution in [0.15, 0.2) is 48.5 Å². The van der Waals surface area contributed by atoms with E-state index in [-0.39, 0.29) is 17.9 Å². The Morgan fingerprint density at radius 2 is 1.85 bits per heavy atom. The molecular weight excluding hydrogens is 414 g/mol. The van der Waals surface area contributed by atoms with E-state index in [0.29, 0.717) is 36.6 Å². The highest BCUT2D eigenvalue weighted by Gasteiger charge is 2.23. The Labute approximate surface area is 196 Å². The van der Waals surface area contributed by atoms with E-state index in [1.807, 2.05) is 48.5 Å². The van der Waals surface area contributed by atoms with E-state index in [0.717, 1.165) is 56.6 Å². The molecule has 2 heterocycles. The maximum Gasteiger partial charge on any atom is 0.253 e. The van der Waals surface area contributed by atoms with Crippen molar-refractivity contribution in [1.82, 2.24) is 5.32 Å². The molecule has 0 spiro atoms. The van der Waals surface area contributed by atoms with Gasteiger partial charge in [0.05, 0.1) is 11.7 Å². The normalized spacial score (nSPS) is 18.8. The van der Waals surface area contributed by atoms with Gasteiger partial charge in [0, 0.05) is 44.0 Å². The van der Waals surface area contributed by atoms with Crippen LogP contribution < -0.4 is 15.5 Å². The van der Waals surface area contributed by atoms with Crippen molar-refractivity contribution in [2.24, 2.45) is 5.92 Å². The van der Waals surface area contributed by atoms with E-state index in [4.69, 9.17) is 4.74 Å². The molecule has 4 rings (SSSR count). The van der Waals surface area contributed by atoms with Gasteiger partial charge in [-0.15, -0.1) is 0 Å². The van der Waals surface area contributed by atoms with Gasteiger partial charge >= 0.3 is 0 Å². The first-order valence-electron chi connectivity index (χ1n) is 12.2. The summed E-state index contributed by atoms with van der Waals surface area (Å²) in [6.07, 6.45) is 5.44. The largest absolute Gasteiger partial charge is 0.376 e. The van der Waals surface area contributed by atoms with Crippen molar-refractivity contribution < 1.29 is 14.3 Å². The van der Waals surface area contributed by atoms with Gasteiger partial charge in [0.15, 0.2) is 0 Å². The molecule has 2 amide bonds. The summed E-state index contributed by atoms with van der Waals surface area (Å²) < 4.78 is 5.66. The predicted molar refractivity (Wildman–Crippen MR) is 132 cm³/mol. The molecule has 2 aliphatic heterocycles. The summed E-state index contributed by atoms with van der Waals surface area (Å²) >= 11 is 0. The molecule has 0 radical (unpaired) electrons. The molecule has 6 heteroatoms. The minimum atomic E-state index is -0.112. The summed E-state index contributed by atoms with van der Waals surface area (Å²) in [4.78, 5) is 28.0. The van der Waals surface area contributed by atoms with E-state index >= 15 is 0 Å². The molecule has 0 aliphatic carbocycles. The Bertz CT molecular complexity index is 933. The number of nitrogens with zero attached hydrogens (tertiary/aromatic N) is 1. The molecule has 2 fully saturated rings. The van der Waals surface area contributed by atoms with Crippen molar-refractivity contribution in [3.05, 3.63) is 59.7 Å². The lowest BCUT2D eigenvalue weighted by atomic mass is 9.97. The molecule has 1 unspecified atom stereocenters. The number of hydrogen-bond acceptors (Lipinski definition) is 4. The Morgan fingerprint density at radius 1 is 1.06 bits per heavy atom. The quantitative estimate of drug-likeness (QED) is 0.627. The molecule has 0 bridgehead atoms. The lowest BCUT2D eigenvalue weighted by Crippen LogP contribution is -2.36. The Hall–Kier alpha value is -2.86. The first kappa shape index (κ1) is 23.3. The number of aryl methyl sites for hydroxylation is 1. The number of ether oxygens (including phenoxy) is 1. The van der Waals surface area contributed by atoms with Gasteiger partial charge in [-0.1, -0.05) is 37.3 Å². The molecule has 176 valence electrons. The molecule has 0 saturated carbocycles.